The summed E-state index contributed by atoms with van der Waals surface area (Å²) in [6.45, 7) is 0.730. The molecular weight excluding hydrogens is 387 g/mol. The van der Waals surface area contributed by atoms with Crippen molar-refractivity contribution < 1.29 is 27.5 Å². The average molecular weight is 405 g/mol. The van der Waals surface area contributed by atoms with Gasteiger partial charge in [0.15, 0.2) is 11.5 Å². The first-order chi connectivity index (χ1) is 13.9. The van der Waals surface area contributed by atoms with E-state index in [-0.39, 0.29) is 32.1 Å². The average Bonchev–Trinajstić information content (AvgIpc) is 2.71. The molecule has 2 aliphatic heterocycles. The molecule has 1 aromatic carbocycles. The first kappa shape index (κ1) is 19.4. The summed E-state index contributed by atoms with van der Waals surface area (Å²) in [5.41, 5.74) is -0.487. The summed E-state index contributed by atoms with van der Waals surface area (Å²) in [7, 11) is 0. The van der Waals surface area contributed by atoms with Crippen molar-refractivity contribution in [3.8, 4) is 0 Å². The maximum Gasteiger partial charge on any atom is 0.275 e. The topological polar surface area (TPSA) is 62.7 Å². The second-order valence-electron chi connectivity index (χ2n) is 7.20. The molecular formula is C20H18F3N3O3. The molecule has 0 bridgehead atoms. The number of likely N-dealkylation sites (tertiary alicyclic amines) is 1. The van der Waals surface area contributed by atoms with E-state index in [0.717, 1.165) is 6.20 Å². The third kappa shape index (κ3) is 3.82. The van der Waals surface area contributed by atoms with Gasteiger partial charge in [-0.05, 0) is 37.1 Å². The van der Waals surface area contributed by atoms with Gasteiger partial charge in [0, 0.05) is 24.8 Å². The van der Waals surface area contributed by atoms with Crippen LogP contribution in [0.25, 0.3) is 0 Å². The highest BCUT2D eigenvalue weighted by molar-refractivity contribution is 5.95. The molecule has 2 amide bonds. The summed E-state index contributed by atoms with van der Waals surface area (Å²) in [5.74, 6) is -3.08. The summed E-state index contributed by atoms with van der Waals surface area (Å²) in [5, 5.41) is 0. The zero-order chi connectivity index (χ0) is 20.6. The van der Waals surface area contributed by atoms with Crippen LogP contribution in [0.5, 0.6) is 0 Å². The predicted octanol–water partition coefficient (Wildman–Crippen LogP) is 2.54. The molecule has 2 fully saturated rings. The fourth-order valence-corrected chi connectivity index (χ4v) is 3.71. The maximum absolute atomic E-state index is 13.9. The number of hydrogen-bond donors (Lipinski definition) is 0. The van der Waals surface area contributed by atoms with Gasteiger partial charge in [0.05, 0.1) is 18.3 Å². The lowest BCUT2D eigenvalue weighted by molar-refractivity contribution is -0.143. The minimum absolute atomic E-state index is 0.112. The van der Waals surface area contributed by atoms with Crippen LogP contribution in [0, 0.1) is 17.5 Å². The lowest BCUT2D eigenvalue weighted by atomic mass is 9.89. The van der Waals surface area contributed by atoms with Crippen molar-refractivity contribution in [3.63, 3.8) is 0 Å². The normalized spacial score (nSPS) is 18.9. The zero-order valence-electron chi connectivity index (χ0n) is 15.4. The van der Waals surface area contributed by atoms with Crippen molar-refractivity contribution >= 4 is 17.5 Å². The third-order valence-corrected chi connectivity index (χ3v) is 5.36. The van der Waals surface area contributed by atoms with E-state index in [1.807, 2.05) is 0 Å². The number of piperidine rings is 1. The molecule has 1 aromatic heterocycles. The number of morpholine rings is 1. The van der Waals surface area contributed by atoms with Gasteiger partial charge in [-0.1, -0.05) is 0 Å². The van der Waals surface area contributed by atoms with Crippen LogP contribution in [0.1, 0.15) is 23.3 Å². The lowest BCUT2D eigenvalue weighted by Crippen LogP contribution is -2.59. The van der Waals surface area contributed by atoms with E-state index in [2.05, 4.69) is 4.98 Å². The molecule has 2 saturated heterocycles. The van der Waals surface area contributed by atoms with Crippen LogP contribution in [0.3, 0.4) is 0 Å². The predicted molar refractivity (Wildman–Crippen MR) is 96.7 cm³/mol. The number of carbonyl (C=O) groups is 2. The summed E-state index contributed by atoms with van der Waals surface area (Å²) in [6.07, 6.45) is 1.68. The fourth-order valence-electron chi connectivity index (χ4n) is 3.71. The van der Waals surface area contributed by atoms with Crippen LogP contribution in [-0.4, -0.2) is 53.5 Å². The van der Waals surface area contributed by atoms with E-state index in [0.29, 0.717) is 24.6 Å². The van der Waals surface area contributed by atoms with E-state index < -0.39 is 34.7 Å². The zero-order valence-corrected chi connectivity index (χ0v) is 15.4. The Bertz CT molecular complexity index is 944. The molecule has 2 aromatic rings. The maximum atomic E-state index is 13.9. The smallest absolute Gasteiger partial charge is 0.275 e. The molecule has 0 unspecified atom stereocenters. The second kappa shape index (κ2) is 7.47. The highest BCUT2D eigenvalue weighted by Gasteiger charge is 2.43. The van der Waals surface area contributed by atoms with E-state index in [4.69, 9.17) is 4.74 Å². The van der Waals surface area contributed by atoms with Crippen molar-refractivity contribution in [2.45, 2.75) is 18.4 Å². The molecule has 0 aliphatic carbocycles. The first-order valence-corrected chi connectivity index (χ1v) is 9.17. The van der Waals surface area contributed by atoms with Crippen molar-refractivity contribution in [1.82, 2.24) is 9.88 Å². The Morgan fingerprint density at radius 2 is 1.76 bits per heavy atom. The van der Waals surface area contributed by atoms with E-state index in [1.54, 1.807) is 4.90 Å². The standard InChI is InChI=1S/C20H18F3N3O3/c21-13-1-3-15(4-2-13)26-12-20(29-11-17(26)27)5-7-25(8-6-20)19(28)18-16(23)9-14(22)10-24-18/h1-4,9-10H,5-8,11-12H2. The number of hydrogen-bond acceptors (Lipinski definition) is 4. The van der Waals surface area contributed by atoms with Crippen molar-refractivity contribution in [2.24, 2.45) is 0 Å². The fraction of sp³-hybridized carbons (Fsp3) is 0.350. The summed E-state index contributed by atoms with van der Waals surface area (Å²) in [4.78, 5) is 31.4. The van der Waals surface area contributed by atoms with Crippen LogP contribution in [0.2, 0.25) is 0 Å². The van der Waals surface area contributed by atoms with Crippen LogP contribution in [0.15, 0.2) is 36.5 Å². The van der Waals surface area contributed by atoms with Gasteiger partial charge in [-0.3, -0.25) is 9.59 Å². The number of carbonyl (C=O) groups excluding carboxylic acids is 2. The Kier molecular flexibility index (Phi) is 4.99. The molecule has 0 saturated carbocycles. The molecule has 0 radical (unpaired) electrons. The van der Waals surface area contributed by atoms with Gasteiger partial charge < -0.3 is 14.5 Å². The summed E-state index contributed by atoms with van der Waals surface area (Å²) >= 11 is 0. The van der Waals surface area contributed by atoms with Gasteiger partial charge in [-0.15, -0.1) is 0 Å². The van der Waals surface area contributed by atoms with E-state index in [9.17, 15) is 22.8 Å². The minimum atomic E-state index is -1.00. The largest absolute Gasteiger partial charge is 0.363 e. The summed E-state index contributed by atoms with van der Waals surface area (Å²) in [6, 6.07) is 6.27. The highest BCUT2D eigenvalue weighted by Crippen LogP contribution is 2.33. The van der Waals surface area contributed by atoms with E-state index >= 15 is 0 Å². The molecule has 0 N–H and O–H groups in total. The monoisotopic (exact) mass is 405 g/mol. The number of nitrogens with zero attached hydrogens (tertiary/aromatic N) is 3. The van der Waals surface area contributed by atoms with Crippen molar-refractivity contribution in [1.29, 1.82) is 0 Å². The number of pyridine rings is 1. The van der Waals surface area contributed by atoms with Crippen LogP contribution in [-0.2, 0) is 9.53 Å². The number of amides is 2. The number of rotatable bonds is 2. The molecule has 1 spiro atoms. The number of ether oxygens (including phenoxy) is 1. The lowest BCUT2D eigenvalue weighted by Gasteiger charge is -2.46. The van der Waals surface area contributed by atoms with Gasteiger partial charge in [0.1, 0.15) is 18.2 Å². The highest BCUT2D eigenvalue weighted by atomic mass is 19.1. The van der Waals surface area contributed by atoms with Gasteiger partial charge in [-0.2, -0.15) is 0 Å². The van der Waals surface area contributed by atoms with Gasteiger partial charge in [0.25, 0.3) is 11.8 Å². The quantitative estimate of drug-likeness (QED) is 0.771. The minimum Gasteiger partial charge on any atom is -0.363 e. The van der Waals surface area contributed by atoms with Crippen molar-refractivity contribution in [2.75, 3.05) is 31.1 Å². The molecule has 9 heteroatoms. The Morgan fingerprint density at radius 1 is 1.07 bits per heavy atom. The van der Waals surface area contributed by atoms with Crippen molar-refractivity contribution in [3.05, 3.63) is 59.7 Å². The Labute approximate surface area is 164 Å². The van der Waals surface area contributed by atoms with Crippen LogP contribution >= 0.6 is 0 Å². The number of halogens is 3. The molecule has 152 valence electrons. The van der Waals surface area contributed by atoms with E-state index in [1.165, 1.54) is 29.2 Å². The van der Waals surface area contributed by atoms with Gasteiger partial charge in [-0.25, -0.2) is 18.2 Å². The second-order valence-corrected chi connectivity index (χ2v) is 7.20. The van der Waals surface area contributed by atoms with Crippen LogP contribution < -0.4 is 4.90 Å². The molecule has 0 atom stereocenters. The molecule has 29 heavy (non-hydrogen) atoms. The SMILES string of the molecule is O=C(c1ncc(F)cc1F)N1CCC2(CC1)CN(c1ccc(F)cc1)C(=O)CO2. The molecule has 4 rings (SSSR count). The Morgan fingerprint density at radius 3 is 2.41 bits per heavy atom. The Hall–Kier alpha value is -2.94. The van der Waals surface area contributed by atoms with Gasteiger partial charge in [0.2, 0.25) is 0 Å². The third-order valence-electron chi connectivity index (χ3n) is 5.36. The number of anilines is 1. The Balaban J connectivity index is 1.46. The van der Waals surface area contributed by atoms with Gasteiger partial charge >= 0.3 is 0 Å². The summed E-state index contributed by atoms with van der Waals surface area (Å²) < 4.78 is 45.9. The molecule has 2 aliphatic rings. The van der Waals surface area contributed by atoms with Crippen LogP contribution in [0.4, 0.5) is 18.9 Å². The number of benzene rings is 1. The first-order valence-electron chi connectivity index (χ1n) is 9.17. The molecule has 3 heterocycles. The molecule has 6 nitrogen and oxygen atoms in total. The number of aromatic nitrogens is 1.